The van der Waals surface area contributed by atoms with Gasteiger partial charge in [-0.1, -0.05) is 96.0 Å². The van der Waals surface area contributed by atoms with Crippen LogP contribution < -0.4 is 0 Å². The Bertz CT molecular complexity index is 991. The van der Waals surface area contributed by atoms with E-state index in [-0.39, 0.29) is 18.8 Å². The van der Waals surface area contributed by atoms with Gasteiger partial charge in [0.25, 0.3) is 0 Å². The lowest BCUT2D eigenvalue weighted by Crippen LogP contribution is -2.64. The highest BCUT2D eigenvalue weighted by atomic mass is 19.4. The van der Waals surface area contributed by atoms with Crippen molar-refractivity contribution >= 4 is 11.9 Å². The molecule has 0 radical (unpaired) electrons. The highest BCUT2D eigenvalue weighted by molar-refractivity contribution is 5.82. The van der Waals surface area contributed by atoms with Gasteiger partial charge in [-0.2, -0.15) is 52.7 Å². The van der Waals surface area contributed by atoms with Gasteiger partial charge in [-0.15, -0.1) is 6.58 Å². The lowest BCUT2D eigenvalue weighted by molar-refractivity contribution is -0.359. The molecule has 6 nitrogen and oxygen atoms in total. The first-order valence-corrected chi connectivity index (χ1v) is 16.4. The van der Waals surface area contributed by atoms with E-state index in [0.29, 0.717) is 25.7 Å². The third-order valence-corrected chi connectivity index (χ3v) is 8.12. The third kappa shape index (κ3) is 14.8. The molecule has 50 heavy (non-hydrogen) atoms. The maximum absolute atomic E-state index is 13.0. The van der Waals surface area contributed by atoms with E-state index in [1.54, 1.807) is 6.08 Å². The Morgan fingerprint density at radius 2 is 0.900 bits per heavy atom. The number of ether oxygens (including phenoxy) is 2. The van der Waals surface area contributed by atoms with Crippen molar-refractivity contribution in [1.29, 1.82) is 0 Å². The number of hydrogen-bond acceptors (Lipinski definition) is 6. The molecule has 296 valence electrons. The van der Waals surface area contributed by atoms with Gasteiger partial charge in [0, 0.05) is 0 Å². The Balaban J connectivity index is 4.16. The summed E-state index contributed by atoms with van der Waals surface area (Å²) in [5, 5.41) is 18.2. The van der Waals surface area contributed by atoms with E-state index in [1.807, 2.05) is 0 Å². The Labute approximate surface area is 283 Å². The summed E-state index contributed by atoms with van der Waals surface area (Å²) in [7, 11) is 0. The van der Waals surface area contributed by atoms with E-state index in [1.165, 1.54) is 13.8 Å². The standard InChI is InChI=1S/C32H48F12O6/c1-4-19-23(22-26(2,3)50-25(46)28(48,31(39,40)41)32(42,43)44)20-17-15-13-11-9-7-5-6-8-10-12-14-16-18-21-49-24(45)27(47,29(33,34)35)30(36,37)38/h4,23,47-48H,1,5-22H2,2-3H3. The first-order valence-electron chi connectivity index (χ1n) is 16.4. The summed E-state index contributed by atoms with van der Waals surface area (Å²) < 4.78 is 162. The van der Waals surface area contributed by atoms with E-state index in [0.717, 1.165) is 70.6 Å². The number of alkyl halides is 12. The number of hydrogen-bond donors (Lipinski definition) is 2. The highest BCUT2D eigenvalue weighted by Gasteiger charge is 2.78. The Kier molecular flexibility index (Phi) is 19.2. The number of rotatable bonds is 24. The molecule has 1 atom stereocenters. The quantitative estimate of drug-likeness (QED) is 0.0441. The Morgan fingerprint density at radius 1 is 0.580 bits per heavy atom. The van der Waals surface area contributed by atoms with Gasteiger partial charge in [0.15, 0.2) is 0 Å². The molecule has 1 unspecified atom stereocenters. The summed E-state index contributed by atoms with van der Waals surface area (Å²) in [6.07, 6.45) is -11.7. The van der Waals surface area contributed by atoms with Crippen LogP contribution in [0.3, 0.4) is 0 Å². The Morgan fingerprint density at radius 3 is 1.24 bits per heavy atom. The van der Waals surface area contributed by atoms with Crippen molar-refractivity contribution in [1.82, 2.24) is 0 Å². The fraction of sp³-hybridized carbons (Fsp3) is 0.875. The van der Waals surface area contributed by atoms with Crippen LogP contribution in [0.5, 0.6) is 0 Å². The van der Waals surface area contributed by atoms with Crippen molar-refractivity contribution in [2.24, 2.45) is 5.92 Å². The summed E-state index contributed by atoms with van der Waals surface area (Å²) in [6, 6.07) is 0. The zero-order valence-corrected chi connectivity index (χ0v) is 28.2. The minimum absolute atomic E-state index is 0.0434. The summed E-state index contributed by atoms with van der Waals surface area (Å²) in [6.45, 7) is 5.29. The normalized spacial score (nSPS) is 14.4. The van der Waals surface area contributed by atoms with Gasteiger partial charge in [0.05, 0.1) is 6.61 Å². The minimum atomic E-state index is -6.33. The summed E-state index contributed by atoms with van der Waals surface area (Å²) in [5.74, 6) is -5.87. The van der Waals surface area contributed by atoms with E-state index in [9.17, 15) is 67.4 Å². The summed E-state index contributed by atoms with van der Waals surface area (Å²) in [4.78, 5) is 23.2. The number of halogens is 12. The number of esters is 2. The van der Waals surface area contributed by atoms with Crippen LogP contribution in [-0.2, 0) is 19.1 Å². The SMILES string of the molecule is C=CCC(CCCCCCCCCCCCCCCCOC(=O)C(O)(C(F)(F)F)C(F)(F)F)CC(C)(C)OC(=O)C(O)(C(F)(F)F)C(F)(F)F. The molecule has 0 aliphatic rings. The predicted molar refractivity (Wildman–Crippen MR) is 157 cm³/mol. The lowest BCUT2D eigenvalue weighted by Gasteiger charge is -2.35. The molecule has 0 fully saturated rings. The number of carbonyl (C=O) groups excluding carboxylic acids is 2. The molecule has 0 spiro atoms. The average Bonchev–Trinajstić information content (AvgIpc) is 2.94. The van der Waals surface area contributed by atoms with Gasteiger partial charge in [-0.05, 0) is 39.0 Å². The maximum Gasteiger partial charge on any atom is 0.437 e. The van der Waals surface area contributed by atoms with Crippen LogP contribution in [-0.4, -0.2) is 70.3 Å². The topological polar surface area (TPSA) is 93.1 Å². The number of aliphatic hydroxyl groups is 2. The molecule has 0 aliphatic carbocycles. The first kappa shape index (κ1) is 47.8. The smallest absolute Gasteiger partial charge is 0.437 e. The zero-order chi connectivity index (χ0) is 39.1. The van der Waals surface area contributed by atoms with Crippen molar-refractivity contribution in [3.63, 3.8) is 0 Å². The molecular weight excluding hydrogens is 708 g/mol. The number of unbranched alkanes of at least 4 members (excludes halogenated alkanes) is 13. The maximum atomic E-state index is 13.0. The minimum Gasteiger partial charge on any atom is -0.463 e. The fourth-order valence-electron chi connectivity index (χ4n) is 5.31. The molecule has 0 aromatic rings. The monoisotopic (exact) mass is 756 g/mol. The first-order chi connectivity index (χ1) is 22.7. The second kappa shape index (κ2) is 20.1. The van der Waals surface area contributed by atoms with Gasteiger partial charge in [-0.3, -0.25) is 0 Å². The van der Waals surface area contributed by atoms with Crippen molar-refractivity contribution in [2.45, 2.75) is 165 Å². The molecule has 0 saturated carbocycles. The highest BCUT2D eigenvalue weighted by Crippen LogP contribution is 2.45. The molecule has 0 aromatic carbocycles. The van der Waals surface area contributed by atoms with Gasteiger partial charge >= 0.3 is 47.8 Å². The molecule has 0 amide bonds. The van der Waals surface area contributed by atoms with Crippen molar-refractivity contribution < 1.29 is 82.0 Å². The van der Waals surface area contributed by atoms with E-state index in [4.69, 9.17) is 5.11 Å². The molecule has 0 aromatic heterocycles. The van der Waals surface area contributed by atoms with Crippen LogP contribution >= 0.6 is 0 Å². The van der Waals surface area contributed by atoms with Crippen LogP contribution in [0.1, 0.15) is 123 Å². The largest absolute Gasteiger partial charge is 0.463 e. The average molecular weight is 757 g/mol. The van der Waals surface area contributed by atoms with E-state index < -0.39 is 60.1 Å². The lowest BCUT2D eigenvalue weighted by atomic mass is 9.86. The third-order valence-electron chi connectivity index (χ3n) is 8.12. The molecule has 18 heteroatoms. The van der Waals surface area contributed by atoms with Crippen LogP contribution in [0, 0.1) is 5.92 Å². The number of carbonyl (C=O) groups is 2. The molecule has 0 bridgehead atoms. The number of allylic oxidation sites excluding steroid dienone is 1. The van der Waals surface area contributed by atoms with Gasteiger partial charge < -0.3 is 19.7 Å². The molecular formula is C32H48F12O6. The second-order valence-corrected chi connectivity index (χ2v) is 13.0. The molecule has 0 aliphatic heterocycles. The predicted octanol–water partition coefficient (Wildman–Crippen LogP) is 10.00. The molecule has 0 heterocycles. The van der Waals surface area contributed by atoms with Crippen LogP contribution in [0.25, 0.3) is 0 Å². The molecule has 0 rings (SSSR count). The second-order valence-electron chi connectivity index (χ2n) is 13.0. The Hall–Kier alpha value is -2.24. The van der Waals surface area contributed by atoms with Crippen LogP contribution in [0.15, 0.2) is 12.7 Å². The van der Waals surface area contributed by atoms with E-state index in [2.05, 4.69) is 16.1 Å². The molecule has 0 saturated heterocycles. The molecule has 2 N–H and O–H groups in total. The fourth-order valence-corrected chi connectivity index (χ4v) is 5.31. The summed E-state index contributed by atoms with van der Waals surface area (Å²) >= 11 is 0. The van der Waals surface area contributed by atoms with Crippen molar-refractivity contribution in [2.75, 3.05) is 6.61 Å². The van der Waals surface area contributed by atoms with Crippen molar-refractivity contribution in [3.05, 3.63) is 12.7 Å². The van der Waals surface area contributed by atoms with Crippen LogP contribution in [0.4, 0.5) is 52.7 Å². The van der Waals surface area contributed by atoms with Gasteiger partial charge in [0.2, 0.25) is 0 Å². The van der Waals surface area contributed by atoms with Gasteiger partial charge in [0.1, 0.15) is 5.60 Å². The van der Waals surface area contributed by atoms with Gasteiger partial charge in [-0.25, -0.2) is 9.59 Å². The zero-order valence-electron chi connectivity index (χ0n) is 28.2. The van der Waals surface area contributed by atoms with E-state index >= 15 is 0 Å². The van der Waals surface area contributed by atoms with Crippen molar-refractivity contribution in [3.8, 4) is 0 Å². The van der Waals surface area contributed by atoms with Crippen LogP contribution in [0.2, 0.25) is 0 Å². The summed E-state index contributed by atoms with van der Waals surface area (Å²) in [5.41, 5.74) is -12.9.